The van der Waals surface area contributed by atoms with Gasteiger partial charge in [-0.05, 0) is 23.6 Å². The third-order valence-electron chi connectivity index (χ3n) is 3.18. The highest BCUT2D eigenvalue weighted by Crippen LogP contribution is 2.42. The molecule has 3 amide bonds. The van der Waals surface area contributed by atoms with E-state index in [0.29, 0.717) is 9.78 Å². The van der Waals surface area contributed by atoms with Gasteiger partial charge in [0.2, 0.25) is 0 Å². The van der Waals surface area contributed by atoms with Gasteiger partial charge >= 0.3 is 6.03 Å². The molecular formula is C14H8ClFN2O3S. The first-order valence-electron chi connectivity index (χ1n) is 6.02. The number of carbonyl (C=O) groups is 2. The number of urea groups is 1. The summed E-state index contributed by atoms with van der Waals surface area (Å²) in [6.07, 6.45) is 0. The third-order valence-corrected chi connectivity index (χ3v) is 4.34. The standard InChI is InChI=1S/C14H8ClFN2O3S/c15-7-5-9-6(4-8(7)16)11(13(20)18(9)14(17)21)12(19)10-2-1-3-22-10/h1-5,19H,(H2,17,21). The van der Waals surface area contributed by atoms with E-state index in [-0.39, 0.29) is 27.6 Å². The molecule has 0 saturated carbocycles. The number of nitrogens with two attached hydrogens (primary N) is 1. The largest absolute Gasteiger partial charge is 0.506 e. The first-order valence-corrected chi connectivity index (χ1v) is 7.28. The monoisotopic (exact) mass is 338 g/mol. The van der Waals surface area contributed by atoms with Crippen LogP contribution < -0.4 is 10.6 Å². The molecule has 1 aliphatic rings. The molecule has 2 aromatic rings. The molecule has 8 heteroatoms. The summed E-state index contributed by atoms with van der Waals surface area (Å²) < 4.78 is 13.7. The first-order chi connectivity index (χ1) is 10.4. The lowest BCUT2D eigenvalue weighted by atomic mass is 10.1. The van der Waals surface area contributed by atoms with Crippen LogP contribution in [0.1, 0.15) is 10.4 Å². The summed E-state index contributed by atoms with van der Waals surface area (Å²) in [6.45, 7) is 0. The molecule has 1 aromatic heterocycles. The summed E-state index contributed by atoms with van der Waals surface area (Å²) in [7, 11) is 0. The van der Waals surface area contributed by atoms with E-state index in [2.05, 4.69) is 0 Å². The number of hydrogen-bond acceptors (Lipinski definition) is 4. The van der Waals surface area contributed by atoms with Crippen molar-refractivity contribution in [3.05, 3.63) is 50.9 Å². The number of amides is 3. The van der Waals surface area contributed by atoms with Crippen LogP contribution in [-0.4, -0.2) is 17.0 Å². The summed E-state index contributed by atoms with van der Waals surface area (Å²) in [4.78, 5) is 25.0. The maximum absolute atomic E-state index is 13.7. The highest BCUT2D eigenvalue weighted by Gasteiger charge is 2.39. The number of benzene rings is 1. The van der Waals surface area contributed by atoms with Crippen LogP contribution >= 0.6 is 22.9 Å². The molecule has 0 atom stereocenters. The van der Waals surface area contributed by atoms with E-state index in [0.717, 1.165) is 12.1 Å². The third kappa shape index (κ3) is 2.06. The van der Waals surface area contributed by atoms with Crippen molar-refractivity contribution in [3.8, 4) is 0 Å². The topological polar surface area (TPSA) is 83.6 Å². The predicted molar refractivity (Wildman–Crippen MR) is 82.2 cm³/mol. The molecule has 5 nitrogen and oxygen atoms in total. The Labute approximate surface area is 133 Å². The Hall–Kier alpha value is -2.38. The number of imide groups is 1. The molecule has 0 radical (unpaired) electrons. The summed E-state index contributed by atoms with van der Waals surface area (Å²) in [5.74, 6) is -1.93. The second-order valence-corrected chi connectivity index (χ2v) is 5.82. The van der Waals surface area contributed by atoms with Gasteiger partial charge in [-0.15, -0.1) is 11.3 Å². The van der Waals surface area contributed by atoms with Gasteiger partial charge in [0.25, 0.3) is 5.91 Å². The van der Waals surface area contributed by atoms with Crippen LogP contribution in [0.3, 0.4) is 0 Å². The predicted octanol–water partition coefficient (Wildman–Crippen LogP) is 3.39. The highest BCUT2D eigenvalue weighted by atomic mass is 35.5. The Balaban J connectivity index is 2.31. The highest BCUT2D eigenvalue weighted by molar-refractivity contribution is 7.11. The molecule has 22 heavy (non-hydrogen) atoms. The molecule has 0 spiro atoms. The van der Waals surface area contributed by atoms with Crippen molar-refractivity contribution >= 4 is 51.9 Å². The van der Waals surface area contributed by atoms with Gasteiger partial charge in [0, 0.05) is 5.56 Å². The zero-order valence-electron chi connectivity index (χ0n) is 10.8. The second-order valence-electron chi connectivity index (χ2n) is 4.46. The normalized spacial score (nSPS) is 15.9. The number of rotatable bonds is 1. The molecule has 1 aliphatic heterocycles. The zero-order valence-corrected chi connectivity index (χ0v) is 12.4. The van der Waals surface area contributed by atoms with Crippen LogP contribution in [0.15, 0.2) is 29.6 Å². The molecular weight excluding hydrogens is 331 g/mol. The van der Waals surface area contributed by atoms with Crippen LogP contribution in [-0.2, 0) is 4.79 Å². The van der Waals surface area contributed by atoms with E-state index in [1.165, 1.54) is 11.3 Å². The van der Waals surface area contributed by atoms with Crippen molar-refractivity contribution in [1.29, 1.82) is 0 Å². The number of carbonyl (C=O) groups excluding carboxylic acids is 2. The van der Waals surface area contributed by atoms with E-state index >= 15 is 0 Å². The minimum Gasteiger partial charge on any atom is -0.506 e. The lowest BCUT2D eigenvalue weighted by Crippen LogP contribution is -2.38. The fourth-order valence-corrected chi connectivity index (χ4v) is 3.07. The van der Waals surface area contributed by atoms with Crippen LogP contribution in [0.5, 0.6) is 0 Å². The van der Waals surface area contributed by atoms with Gasteiger partial charge < -0.3 is 10.8 Å². The van der Waals surface area contributed by atoms with Gasteiger partial charge in [-0.25, -0.2) is 14.1 Å². The van der Waals surface area contributed by atoms with Crippen molar-refractivity contribution in [3.63, 3.8) is 0 Å². The van der Waals surface area contributed by atoms with Crippen LogP contribution in [0.25, 0.3) is 11.3 Å². The van der Waals surface area contributed by atoms with Crippen molar-refractivity contribution < 1.29 is 19.1 Å². The average Bonchev–Trinajstić information content (AvgIpc) is 3.05. The fourth-order valence-electron chi connectivity index (χ4n) is 2.24. The summed E-state index contributed by atoms with van der Waals surface area (Å²) in [5.41, 5.74) is 5.12. The maximum Gasteiger partial charge on any atom is 0.326 e. The van der Waals surface area contributed by atoms with Crippen LogP contribution in [0.4, 0.5) is 14.9 Å². The number of anilines is 1. The molecule has 0 unspecified atom stereocenters. The van der Waals surface area contributed by atoms with E-state index in [4.69, 9.17) is 17.3 Å². The number of aliphatic hydroxyl groups is 1. The quantitative estimate of drug-likeness (QED) is 0.617. The van der Waals surface area contributed by atoms with Gasteiger partial charge in [-0.3, -0.25) is 4.79 Å². The maximum atomic E-state index is 13.7. The number of primary amides is 1. The Morgan fingerprint density at radius 1 is 1.41 bits per heavy atom. The Kier molecular flexibility index (Phi) is 3.38. The van der Waals surface area contributed by atoms with Crippen molar-refractivity contribution in [2.45, 2.75) is 0 Å². The molecule has 3 N–H and O–H groups in total. The number of halogens is 2. The van der Waals surface area contributed by atoms with Gasteiger partial charge in [-0.2, -0.15) is 0 Å². The summed E-state index contributed by atoms with van der Waals surface area (Å²) in [5, 5.41) is 11.8. The van der Waals surface area contributed by atoms with Crippen molar-refractivity contribution in [2.75, 3.05) is 4.90 Å². The molecule has 3 rings (SSSR count). The second kappa shape index (κ2) is 5.11. The van der Waals surface area contributed by atoms with Crippen LogP contribution in [0.2, 0.25) is 5.02 Å². The van der Waals surface area contributed by atoms with Crippen molar-refractivity contribution in [2.24, 2.45) is 5.73 Å². The number of fused-ring (bicyclic) bond motifs is 1. The lowest BCUT2D eigenvalue weighted by molar-refractivity contribution is -0.112. The SMILES string of the molecule is NC(=O)N1C(=O)C(=C(O)c2cccs2)c2cc(F)c(Cl)cc21. The first kappa shape index (κ1) is 14.6. The number of thiophene rings is 1. The fraction of sp³-hybridized carbons (Fsp3) is 0. The van der Waals surface area contributed by atoms with E-state index < -0.39 is 17.8 Å². The van der Waals surface area contributed by atoms with Crippen molar-refractivity contribution in [1.82, 2.24) is 0 Å². The number of nitrogens with zero attached hydrogens (tertiary/aromatic N) is 1. The Bertz CT molecular complexity index is 833. The molecule has 2 heterocycles. The van der Waals surface area contributed by atoms with Gasteiger partial charge in [-0.1, -0.05) is 17.7 Å². The molecule has 1 aromatic carbocycles. The van der Waals surface area contributed by atoms with E-state index in [9.17, 15) is 19.1 Å². The van der Waals surface area contributed by atoms with Gasteiger partial charge in [0.15, 0.2) is 0 Å². The summed E-state index contributed by atoms with van der Waals surface area (Å²) in [6, 6.07) is 4.37. The minimum absolute atomic E-state index is 0.0435. The average molecular weight is 339 g/mol. The molecule has 0 saturated heterocycles. The Morgan fingerprint density at radius 2 is 2.14 bits per heavy atom. The van der Waals surface area contributed by atoms with Gasteiger partial charge in [0.1, 0.15) is 11.6 Å². The van der Waals surface area contributed by atoms with E-state index in [1.54, 1.807) is 17.5 Å². The summed E-state index contributed by atoms with van der Waals surface area (Å²) >= 11 is 6.89. The zero-order chi connectivity index (χ0) is 16.0. The molecule has 0 aliphatic carbocycles. The van der Waals surface area contributed by atoms with Crippen LogP contribution in [0, 0.1) is 5.82 Å². The smallest absolute Gasteiger partial charge is 0.326 e. The molecule has 0 fully saturated rings. The molecule has 0 bridgehead atoms. The van der Waals surface area contributed by atoms with E-state index in [1.807, 2.05) is 0 Å². The van der Waals surface area contributed by atoms with Gasteiger partial charge in [0.05, 0.1) is 21.2 Å². The minimum atomic E-state index is -1.04. The Morgan fingerprint density at radius 3 is 2.73 bits per heavy atom. The lowest BCUT2D eigenvalue weighted by Gasteiger charge is -2.11. The number of hydrogen-bond donors (Lipinski definition) is 2. The molecule has 112 valence electrons. The number of aliphatic hydroxyl groups excluding tert-OH is 1.